The molecule has 23 heavy (non-hydrogen) atoms. The van der Waals surface area contributed by atoms with E-state index in [4.69, 9.17) is 9.15 Å². The molecule has 2 heterocycles. The van der Waals surface area contributed by atoms with Crippen LogP contribution < -0.4 is 5.32 Å². The van der Waals surface area contributed by atoms with E-state index in [0.717, 1.165) is 12.8 Å². The lowest BCUT2D eigenvalue weighted by Crippen LogP contribution is -2.45. The van der Waals surface area contributed by atoms with E-state index in [-0.39, 0.29) is 5.91 Å². The largest absolute Gasteiger partial charge is 0.445 e. The fraction of sp³-hybridized carbons (Fsp3) is 0.444. The maximum atomic E-state index is 12.4. The molecule has 0 bridgehead atoms. The Hall–Kier alpha value is -2.14. The van der Waals surface area contributed by atoms with E-state index < -0.39 is 5.60 Å². The van der Waals surface area contributed by atoms with Gasteiger partial charge in [-0.2, -0.15) is 0 Å². The molecule has 0 saturated heterocycles. The Morgan fingerprint density at radius 2 is 2.13 bits per heavy atom. The third-order valence-corrected chi connectivity index (χ3v) is 4.48. The number of oxazole rings is 1. The maximum Gasteiger partial charge on any atom is 0.273 e. The topological polar surface area (TPSA) is 64.4 Å². The van der Waals surface area contributed by atoms with Crippen LogP contribution in [0.1, 0.15) is 46.6 Å². The number of benzene rings is 1. The zero-order valence-electron chi connectivity index (χ0n) is 13.8. The SMILES string of the molecule is CCC1(CNC(=O)c2nc(C)oc2C)OCCc2ccccc21. The minimum absolute atomic E-state index is 0.223. The maximum absolute atomic E-state index is 12.4. The average Bonchev–Trinajstić information content (AvgIpc) is 2.91. The number of aryl methyl sites for hydroxylation is 2. The fourth-order valence-corrected chi connectivity index (χ4v) is 3.23. The zero-order chi connectivity index (χ0) is 16.4. The molecule has 1 amide bonds. The van der Waals surface area contributed by atoms with Gasteiger partial charge < -0.3 is 14.5 Å². The van der Waals surface area contributed by atoms with Crippen LogP contribution in [0.5, 0.6) is 0 Å². The molecule has 0 saturated carbocycles. The normalized spacial score (nSPS) is 20.1. The minimum atomic E-state index is -0.475. The lowest BCUT2D eigenvalue weighted by atomic mass is 9.84. The van der Waals surface area contributed by atoms with Crippen molar-refractivity contribution in [3.63, 3.8) is 0 Å². The lowest BCUT2D eigenvalue weighted by Gasteiger charge is -2.38. The van der Waals surface area contributed by atoms with Crippen molar-refractivity contribution in [2.45, 2.75) is 39.2 Å². The Labute approximate surface area is 136 Å². The van der Waals surface area contributed by atoms with E-state index in [2.05, 4.69) is 29.4 Å². The molecular formula is C18H22N2O3. The van der Waals surface area contributed by atoms with Gasteiger partial charge in [-0.25, -0.2) is 4.98 Å². The molecule has 0 aliphatic carbocycles. The van der Waals surface area contributed by atoms with Crippen molar-refractivity contribution in [2.24, 2.45) is 0 Å². The monoisotopic (exact) mass is 314 g/mol. The highest BCUT2D eigenvalue weighted by Gasteiger charge is 2.36. The summed E-state index contributed by atoms with van der Waals surface area (Å²) in [6, 6.07) is 8.29. The molecule has 122 valence electrons. The fourth-order valence-electron chi connectivity index (χ4n) is 3.23. The Morgan fingerprint density at radius 3 is 2.83 bits per heavy atom. The lowest BCUT2D eigenvalue weighted by molar-refractivity contribution is -0.0606. The van der Waals surface area contributed by atoms with Crippen LogP contribution in [0.4, 0.5) is 0 Å². The molecule has 0 fully saturated rings. The molecule has 1 aliphatic rings. The summed E-state index contributed by atoms with van der Waals surface area (Å²) in [4.78, 5) is 16.5. The number of hydrogen-bond donors (Lipinski definition) is 1. The van der Waals surface area contributed by atoms with Gasteiger partial charge in [0.1, 0.15) is 11.4 Å². The highest BCUT2D eigenvalue weighted by molar-refractivity contribution is 5.93. The van der Waals surface area contributed by atoms with E-state index in [1.54, 1.807) is 13.8 Å². The molecule has 3 rings (SSSR count). The molecule has 1 atom stereocenters. The Kier molecular flexibility index (Phi) is 4.22. The first kappa shape index (κ1) is 15.7. The van der Waals surface area contributed by atoms with Gasteiger partial charge in [0.2, 0.25) is 0 Å². The summed E-state index contributed by atoms with van der Waals surface area (Å²) in [6.07, 6.45) is 1.70. The third kappa shape index (κ3) is 2.88. The van der Waals surface area contributed by atoms with Crippen LogP contribution in [0.25, 0.3) is 0 Å². The second-order valence-corrected chi connectivity index (χ2v) is 5.92. The summed E-state index contributed by atoms with van der Waals surface area (Å²) in [5, 5.41) is 2.97. The van der Waals surface area contributed by atoms with Gasteiger partial charge in [0, 0.05) is 6.92 Å². The Morgan fingerprint density at radius 1 is 1.35 bits per heavy atom. The van der Waals surface area contributed by atoms with Gasteiger partial charge in [0.15, 0.2) is 11.6 Å². The van der Waals surface area contributed by atoms with Gasteiger partial charge in [0.05, 0.1) is 13.2 Å². The van der Waals surface area contributed by atoms with Crippen molar-refractivity contribution >= 4 is 5.91 Å². The molecule has 1 aliphatic heterocycles. The number of amides is 1. The smallest absolute Gasteiger partial charge is 0.273 e. The van der Waals surface area contributed by atoms with Crippen molar-refractivity contribution < 1.29 is 13.9 Å². The van der Waals surface area contributed by atoms with E-state index in [0.29, 0.717) is 30.5 Å². The quantitative estimate of drug-likeness (QED) is 0.942. The average molecular weight is 314 g/mol. The zero-order valence-corrected chi connectivity index (χ0v) is 13.8. The highest BCUT2D eigenvalue weighted by atomic mass is 16.5. The molecule has 5 heteroatoms. The van der Waals surface area contributed by atoms with E-state index in [9.17, 15) is 4.79 Å². The molecule has 1 N–H and O–H groups in total. The minimum Gasteiger partial charge on any atom is -0.445 e. The number of fused-ring (bicyclic) bond motifs is 1. The van der Waals surface area contributed by atoms with Crippen LogP contribution in [-0.2, 0) is 16.8 Å². The summed E-state index contributed by atoms with van der Waals surface area (Å²) < 4.78 is 11.4. The van der Waals surface area contributed by atoms with Gasteiger partial charge in [0.25, 0.3) is 5.91 Å². The van der Waals surface area contributed by atoms with Gasteiger partial charge in [-0.05, 0) is 30.9 Å². The predicted octanol–water partition coefficient (Wildman–Crippen LogP) is 2.90. The predicted molar refractivity (Wildman–Crippen MR) is 86.4 cm³/mol. The first-order valence-corrected chi connectivity index (χ1v) is 8.00. The second kappa shape index (κ2) is 6.16. The molecule has 1 unspecified atom stereocenters. The van der Waals surface area contributed by atoms with Crippen molar-refractivity contribution in [1.29, 1.82) is 0 Å². The number of aromatic nitrogens is 1. The molecule has 0 spiro atoms. The van der Waals surface area contributed by atoms with E-state index in [1.165, 1.54) is 11.1 Å². The summed E-state index contributed by atoms with van der Waals surface area (Å²) in [5.41, 5.74) is 2.33. The highest BCUT2D eigenvalue weighted by Crippen LogP contribution is 2.35. The summed E-state index contributed by atoms with van der Waals surface area (Å²) in [6.45, 7) is 6.65. The summed E-state index contributed by atoms with van der Waals surface area (Å²) >= 11 is 0. The van der Waals surface area contributed by atoms with Crippen LogP contribution in [-0.4, -0.2) is 24.0 Å². The van der Waals surface area contributed by atoms with Crippen LogP contribution in [0.15, 0.2) is 28.7 Å². The van der Waals surface area contributed by atoms with E-state index >= 15 is 0 Å². The molecule has 1 aromatic carbocycles. The Bertz CT molecular complexity index is 723. The van der Waals surface area contributed by atoms with Crippen molar-refractivity contribution in [2.75, 3.05) is 13.2 Å². The summed E-state index contributed by atoms with van der Waals surface area (Å²) in [5.74, 6) is 0.812. The molecule has 5 nitrogen and oxygen atoms in total. The second-order valence-electron chi connectivity index (χ2n) is 5.92. The van der Waals surface area contributed by atoms with Crippen LogP contribution in [0.3, 0.4) is 0 Å². The van der Waals surface area contributed by atoms with Gasteiger partial charge in [-0.1, -0.05) is 31.2 Å². The van der Waals surface area contributed by atoms with E-state index in [1.807, 2.05) is 12.1 Å². The number of rotatable bonds is 4. The number of carbonyl (C=O) groups excluding carboxylic acids is 1. The van der Waals surface area contributed by atoms with Gasteiger partial charge in [-0.15, -0.1) is 0 Å². The first-order valence-electron chi connectivity index (χ1n) is 8.00. The number of carbonyl (C=O) groups is 1. The van der Waals surface area contributed by atoms with Gasteiger partial charge >= 0.3 is 0 Å². The number of hydrogen-bond acceptors (Lipinski definition) is 4. The molecule has 2 aromatic rings. The first-order chi connectivity index (χ1) is 11.1. The Balaban J connectivity index is 1.81. The number of nitrogens with zero attached hydrogens (tertiary/aromatic N) is 1. The van der Waals surface area contributed by atoms with Crippen molar-refractivity contribution in [1.82, 2.24) is 10.3 Å². The number of nitrogens with one attached hydrogen (secondary N) is 1. The van der Waals surface area contributed by atoms with Gasteiger partial charge in [-0.3, -0.25) is 4.79 Å². The van der Waals surface area contributed by atoms with Crippen LogP contribution >= 0.6 is 0 Å². The molecule has 1 aromatic heterocycles. The third-order valence-electron chi connectivity index (χ3n) is 4.48. The number of ether oxygens (including phenoxy) is 1. The summed E-state index contributed by atoms with van der Waals surface area (Å²) in [7, 11) is 0. The van der Waals surface area contributed by atoms with Crippen LogP contribution in [0, 0.1) is 13.8 Å². The van der Waals surface area contributed by atoms with Crippen LogP contribution in [0.2, 0.25) is 0 Å². The van der Waals surface area contributed by atoms with Crippen molar-refractivity contribution in [3.8, 4) is 0 Å². The van der Waals surface area contributed by atoms with Crippen molar-refractivity contribution in [3.05, 3.63) is 52.7 Å². The molecular weight excluding hydrogens is 292 g/mol. The molecule has 0 radical (unpaired) electrons. The standard InChI is InChI=1S/C18H22N2O3/c1-4-18(15-8-6-5-7-14(15)9-10-22-18)11-19-17(21)16-12(2)23-13(3)20-16/h5-8H,4,9-11H2,1-3H3,(H,19,21).